The van der Waals surface area contributed by atoms with E-state index in [1.807, 2.05) is 19.2 Å². The summed E-state index contributed by atoms with van der Waals surface area (Å²) in [6, 6.07) is 8.56. The molecule has 1 rings (SSSR count). The van der Waals surface area contributed by atoms with Gasteiger partial charge in [-0.15, -0.1) is 0 Å². The summed E-state index contributed by atoms with van der Waals surface area (Å²) < 4.78 is 11.2. The summed E-state index contributed by atoms with van der Waals surface area (Å²) in [5.41, 5.74) is 1.22. The van der Waals surface area contributed by atoms with Crippen molar-refractivity contribution in [1.29, 1.82) is 0 Å². The molecule has 0 bridgehead atoms. The lowest BCUT2D eigenvalue weighted by atomic mass is 9.99. The number of methoxy groups -OCH3 is 1. The van der Waals surface area contributed by atoms with Crippen LogP contribution in [0.15, 0.2) is 24.3 Å². The molecule has 0 amide bonds. The van der Waals surface area contributed by atoms with E-state index in [0.29, 0.717) is 6.04 Å². The van der Waals surface area contributed by atoms with E-state index in [4.69, 9.17) is 9.47 Å². The van der Waals surface area contributed by atoms with Gasteiger partial charge in [0.2, 0.25) is 0 Å². The largest absolute Gasteiger partial charge is 0.491 e. The third-order valence-corrected chi connectivity index (χ3v) is 3.27. The highest BCUT2D eigenvalue weighted by Crippen LogP contribution is 2.29. The molecule has 0 spiro atoms. The minimum Gasteiger partial charge on any atom is -0.491 e. The van der Waals surface area contributed by atoms with E-state index in [9.17, 15) is 0 Å². The highest BCUT2D eigenvalue weighted by atomic mass is 16.5. The molecule has 1 N–H and O–H groups in total. The quantitative estimate of drug-likeness (QED) is 0.779. The molecule has 3 nitrogen and oxygen atoms in total. The van der Waals surface area contributed by atoms with E-state index in [1.54, 1.807) is 7.11 Å². The molecule has 2 unspecified atom stereocenters. The predicted molar refractivity (Wildman–Crippen MR) is 79.7 cm³/mol. The van der Waals surface area contributed by atoms with Crippen molar-refractivity contribution in [2.24, 2.45) is 0 Å². The molecule has 0 aromatic heterocycles. The standard InChI is InChI=1S/C16H27NO2/c1-12(2)19-16-9-7-6-8-14(16)15(17-4)11-10-13(3)18-5/h6-9,12-13,15,17H,10-11H2,1-5H3. The minimum atomic E-state index is 0.191. The Kier molecular flexibility index (Phi) is 6.89. The van der Waals surface area contributed by atoms with E-state index < -0.39 is 0 Å². The Hall–Kier alpha value is -1.06. The number of benzene rings is 1. The molecule has 2 atom stereocenters. The van der Waals surface area contributed by atoms with Gasteiger partial charge in [0, 0.05) is 18.7 Å². The molecule has 0 saturated carbocycles. The summed E-state index contributed by atoms with van der Waals surface area (Å²) in [7, 11) is 3.75. The van der Waals surface area contributed by atoms with Gasteiger partial charge in [0.05, 0.1) is 12.2 Å². The third kappa shape index (κ3) is 5.21. The van der Waals surface area contributed by atoms with Crippen molar-refractivity contribution in [1.82, 2.24) is 5.32 Å². The normalized spacial score (nSPS) is 14.4. The average molecular weight is 265 g/mol. The second-order valence-electron chi connectivity index (χ2n) is 5.17. The fraction of sp³-hybridized carbons (Fsp3) is 0.625. The molecule has 0 saturated heterocycles. The zero-order chi connectivity index (χ0) is 14.3. The summed E-state index contributed by atoms with van der Waals surface area (Å²) >= 11 is 0. The molecule has 1 aromatic carbocycles. The number of hydrogen-bond donors (Lipinski definition) is 1. The van der Waals surface area contributed by atoms with Crippen LogP contribution in [0.4, 0.5) is 0 Å². The van der Waals surface area contributed by atoms with Gasteiger partial charge in [-0.1, -0.05) is 18.2 Å². The van der Waals surface area contributed by atoms with Crippen LogP contribution in [0.5, 0.6) is 5.75 Å². The molecule has 0 radical (unpaired) electrons. The Morgan fingerprint density at radius 1 is 1.11 bits per heavy atom. The maximum absolute atomic E-state index is 5.89. The van der Waals surface area contributed by atoms with Crippen molar-refractivity contribution in [3.63, 3.8) is 0 Å². The molecule has 3 heteroatoms. The van der Waals surface area contributed by atoms with E-state index in [2.05, 4.69) is 38.2 Å². The van der Waals surface area contributed by atoms with Gasteiger partial charge in [0.15, 0.2) is 0 Å². The fourth-order valence-electron chi connectivity index (χ4n) is 2.10. The molecule has 0 fully saturated rings. The SMILES string of the molecule is CNC(CCC(C)OC)c1ccccc1OC(C)C. The lowest BCUT2D eigenvalue weighted by molar-refractivity contribution is 0.106. The van der Waals surface area contributed by atoms with Crippen molar-refractivity contribution in [2.75, 3.05) is 14.2 Å². The van der Waals surface area contributed by atoms with Gasteiger partial charge >= 0.3 is 0 Å². The van der Waals surface area contributed by atoms with Crippen LogP contribution in [0, 0.1) is 0 Å². The number of hydrogen-bond acceptors (Lipinski definition) is 3. The molecule has 1 aromatic rings. The van der Waals surface area contributed by atoms with Gasteiger partial charge < -0.3 is 14.8 Å². The highest BCUT2D eigenvalue weighted by molar-refractivity contribution is 5.36. The van der Waals surface area contributed by atoms with Gasteiger partial charge in [-0.2, -0.15) is 0 Å². The Morgan fingerprint density at radius 3 is 2.37 bits per heavy atom. The lowest BCUT2D eigenvalue weighted by Crippen LogP contribution is -2.20. The van der Waals surface area contributed by atoms with E-state index in [1.165, 1.54) is 5.56 Å². The van der Waals surface area contributed by atoms with Crippen LogP contribution >= 0.6 is 0 Å². The molecular formula is C16H27NO2. The minimum absolute atomic E-state index is 0.191. The monoisotopic (exact) mass is 265 g/mol. The van der Waals surface area contributed by atoms with Crippen molar-refractivity contribution >= 4 is 0 Å². The van der Waals surface area contributed by atoms with Gasteiger partial charge in [-0.25, -0.2) is 0 Å². The molecular weight excluding hydrogens is 238 g/mol. The molecule has 0 aliphatic rings. The summed E-state index contributed by atoms with van der Waals surface area (Å²) in [6.45, 7) is 6.21. The maximum Gasteiger partial charge on any atom is 0.124 e. The zero-order valence-electron chi connectivity index (χ0n) is 12.8. The van der Waals surface area contributed by atoms with Gasteiger partial charge in [0.25, 0.3) is 0 Å². The molecule has 0 aliphatic heterocycles. The van der Waals surface area contributed by atoms with Crippen LogP contribution in [0.25, 0.3) is 0 Å². The number of nitrogens with one attached hydrogen (secondary N) is 1. The van der Waals surface area contributed by atoms with Crippen LogP contribution in [-0.2, 0) is 4.74 Å². The average Bonchev–Trinajstić information content (AvgIpc) is 2.40. The van der Waals surface area contributed by atoms with Gasteiger partial charge in [-0.05, 0) is 46.7 Å². The fourth-order valence-corrected chi connectivity index (χ4v) is 2.10. The van der Waals surface area contributed by atoms with Gasteiger partial charge in [0.1, 0.15) is 5.75 Å². The van der Waals surface area contributed by atoms with Crippen molar-refractivity contribution in [3.05, 3.63) is 29.8 Å². The Morgan fingerprint density at radius 2 is 1.79 bits per heavy atom. The topological polar surface area (TPSA) is 30.5 Å². The second kappa shape index (κ2) is 8.18. The summed E-state index contributed by atoms with van der Waals surface area (Å²) in [5, 5.41) is 3.38. The summed E-state index contributed by atoms with van der Waals surface area (Å²) in [4.78, 5) is 0. The van der Waals surface area contributed by atoms with Crippen LogP contribution in [0.1, 0.15) is 45.2 Å². The first-order chi connectivity index (χ1) is 9.08. The second-order valence-corrected chi connectivity index (χ2v) is 5.17. The Labute approximate surface area is 117 Å². The Bertz CT molecular complexity index is 366. The zero-order valence-corrected chi connectivity index (χ0v) is 12.8. The first-order valence-corrected chi connectivity index (χ1v) is 7.04. The van der Waals surface area contributed by atoms with Crippen molar-refractivity contribution < 1.29 is 9.47 Å². The van der Waals surface area contributed by atoms with Crippen molar-refractivity contribution in [2.45, 2.75) is 51.9 Å². The number of para-hydroxylation sites is 1. The summed E-state index contributed by atoms with van der Waals surface area (Å²) in [6.07, 6.45) is 2.53. The van der Waals surface area contributed by atoms with Crippen LogP contribution < -0.4 is 10.1 Å². The third-order valence-electron chi connectivity index (χ3n) is 3.27. The van der Waals surface area contributed by atoms with Gasteiger partial charge in [-0.3, -0.25) is 0 Å². The molecule has 19 heavy (non-hydrogen) atoms. The maximum atomic E-state index is 5.89. The van der Waals surface area contributed by atoms with Crippen LogP contribution in [0.2, 0.25) is 0 Å². The van der Waals surface area contributed by atoms with E-state index in [-0.39, 0.29) is 12.2 Å². The lowest BCUT2D eigenvalue weighted by Gasteiger charge is -2.22. The predicted octanol–water partition coefficient (Wildman–Crippen LogP) is 3.55. The Balaban J connectivity index is 2.79. The van der Waals surface area contributed by atoms with E-state index in [0.717, 1.165) is 18.6 Å². The first-order valence-electron chi connectivity index (χ1n) is 7.04. The molecule has 108 valence electrons. The summed E-state index contributed by atoms with van der Waals surface area (Å²) in [5.74, 6) is 0.974. The number of rotatable bonds is 8. The van der Waals surface area contributed by atoms with E-state index >= 15 is 0 Å². The molecule has 0 heterocycles. The van der Waals surface area contributed by atoms with Crippen LogP contribution in [0.3, 0.4) is 0 Å². The number of ether oxygens (including phenoxy) is 2. The van der Waals surface area contributed by atoms with Crippen molar-refractivity contribution in [3.8, 4) is 5.75 Å². The first kappa shape index (κ1) is 16.0. The smallest absolute Gasteiger partial charge is 0.124 e. The highest BCUT2D eigenvalue weighted by Gasteiger charge is 2.16. The van der Waals surface area contributed by atoms with Crippen LogP contribution in [-0.4, -0.2) is 26.4 Å². The molecule has 0 aliphatic carbocycles.